The lowest BCUT2D eigenvalue weighted by Crippen LogP contribution is -2.32. The molecule has 1 heterocycles. The summed E-state index contributed by atoms with van der Waals surface area (Å²) in [6, 6.07) is 5.20. The number of methoxy groups -OCH3 is 1. The molecule has 1 saturated carbocycles. The zero-order valence-electron chi connectivity index (χ0n) is 13.2. The van der Waals surface area contributed by atoms with Gasteiger partial charge in [0.05, 0.1) is 31.2 Å². The van der Waals surface area contributed by atoms with Crippen molar-refractivity contribution in [2.75, 3.05) is 18.6 Å². The molecule has 1 aromatic carbocycles. The number of carbonyl (C=O) groups is 2. The summed E-state index contributed by atoms with van der Waals surface area (Å²) in [6.07, 6.45) is 5.13. The Morgan fingerprint density at radius 2 is 1.74 bits per heavy atom. The SMILES string of the molecule is CCOc1cc(N2C(=O)C3C4C=CC(C4)C3C2=O)ccc1OC. The van der Waals surface area contributed by atoms with Gasteiger partial charge >= 0.3 is 0 Å². The number of hydrogen-bond donors (Lipinski definition) is 0. The zero-order valence-corrected chi connectivity index (χ0v) is 13.2. The van der Waals surface area contributed by atoms with Crippen molar-refractivity contribution in [2.24, 2.45) is 23.7 Å². The van der Waals surface area contributed by atoms with E-state index >= 15 is 0 Å². The lowest BCUT2D eigenvalue weighted by Gasteiger charge is -2.19. The van der Waals surface area contributed by atoms with Crippen LogP contribution in [0.4, 0.5) is 5.69 Å². The van der Waals surface area contributed by atoms with E-state index in [0.29, 0.717) is 23.8 Å². The second-order valence-electron chi connectivity index (χ2n) is 6.28. The number of nitrogens with zero attached hydrogens (tertiary/aromatic N) is 1. The van der Waals surface area contributed by atoms with E-state index in [1.165, 1.54) is 4.90 Å². The molecule has 2 amide bonds. The third-order valence-electron chi connectivity index (χ3n) is 5.18. The van der Waals surface area contributed by atoms with E-state index in [9.17, 15) is 9.59 Å². The highest BCUT2D eigenvalue weighted by molar-refractivity contribution is 6.22. The predicted octanol–water partition coefficient (Wildman–Crippen LogP) is 2.41. The summed E-state index contributed by atoms with van der Waals surface area (Å²) in [6.45, 7) is 2.37. The number of imide groups is 1. The molecule has 1 aliphatic heterocycles. The fourth-order valence-electron chi connectivity index (χ4n) is 4.23. The van der Waals surface area contributed by atoms with Crippen LogP contribution in [0.15, 0.2) is 30.4 Å². The smallest absolute Gasteiger partial charge is 0.238 e. The van der Waals surface area contributed by atoms with Gasteiger partial charge in [0.15, 0.2) is 11.5 Å². The average Bonchev–Trinajstić information content (AvgIpc) is 3.22. The van der Waals surface area contributed by atoms with Gasteiger partial charge in [-0.3, -0.25) is 9.59 Å². The van der Waals surface area contributed by atoms with Gasteiger partial charge in [-0.15, -0.1) is 0 Å². The predicted molar refractivity (Wildman–Crippen MR) is 84.4 cm³/mol. The average molecular weight is 313 g/mol. The lowest BCUT2D eigenvalue weighted by molar-refractivity contribution is -0.123. The third kappa shape index (κ3) is 1.92. The van der Waals surface area contributed by atoms with Crippen molar-refractivity contribution in [3.05, 3.63) is 30.4 Å². The van der Waals surface area contributed by atoms with E-state index in [2.05, 4.69) is 12.2 Å². The van der Waals surface area contributed by atoms with E-state index in [1.54, 1.807) is 25.3 Å². The highest BCUT2D eigenvalue weighted by atomic mass is 16.5. The highest BCUT2D eigenvalue weighted by Gasteiger charge is 2.59. The van der Waals surface area contributed by atoms with E-state index < -0.39 is 0 Å². The first-order valence-corrected chi connectivity index (χ1v) is 8.02. The molecule has 3 aliphatic rings. The molecule has 5 heteroatoms. The van der Waals surface area contributed by atoms with Gasteiger partial charge in [0.25, 0.3) is 0 Å². The number of amides is 2. The Kier molecular flexibility index (Phi) is 3.18. The fraction of sp³-hybridized carbons (Fsp3) is 0.444. The minimum absolute atomic E-state index is 0.0792. The van der Waals surface area contributed by atoms with Gasteiger partial charge < -0.3 is 9.47 Å². The number of carbonyl (C=O) groups excluding carboxylic acids is 2. The second kappa shape index (κ2) is 5.11. The van der Waals surface area contributed by atoms with Crippen LogP contribution in [0.2, 0.25) is 0 Å². The minimum atomic E-state index is -0.185. The molecule has 2 aliphatic carbocycles. The summed E-state index contributed by atoms with van der Waals surface area (Å²) in [4.78, 5) is 27.0. The van der Waals surface area contributed by atoms with Crippen LogP contribution in [0.1, 0.15) is 13.3 Å². The molecule has 5 nitrogen and oxygen atoms in total. The van der Waals surface area contributed by atoms with Gasteiger partial charge in [-0.1, -0.05) is 12.2 Å². The van der Waals surface area contributed by atoms with Crippen LogP contribution in [-0.2, 0) is 9.59 Å². The molecular weight excluding hydrogens is 294 g/mol. The topological polar surface area (TPSA) is 55.8 Å². The molecule has 23 heavy (non-hydrogen) atoms. The Bertz CT molecular complexity index is 681. The lowest BCUT2D eigenvalue weighted by atomic mass is 9.85. The Morgan fingerprint density at radius 3 is 2.30 bits per heavy atom. The zero-order chi connectivity index (χ0) is 16.1. The van der Waals surface area contributed by atoms with Gasteiger partial charge in [-0.05, 0) is 37.3 Å². The van der Waals surface area contributed by atoms with Crippen LogP contribution in [0, 0.1) is 23.7 Å². The summed E-state index contributed by atoms with van der Waals surface area (Å²) >= 11 is 0. The van der Waals surface area contributed by atoms with Gasteiger partial charge in [-0.25, -0.2) is 4.90 Å². The molecule has 0 aromatic heterocycles. The van der Waals surface area contributed by atoms with E-state index in [0.717, 1.165) is 6.42 Å². The normalized spacial score (nSPS) is 31.0. The Morgan fingerprint density at radius 1 is 1.09 bits per heavy atom. The van der Waals surface area contributed by atoms with Crippen LogP contribution in [0.3, 0.4) is 0 Å². The monoisotopic (exact) mass is 313 g/mol. The molecule has 0 radical (unpaired) electrons. The Hall–Kier alpha value is -2.30. The molecule has 4 rings (SSSR count). The van der Waals surface area contributed by atoms with Crippen molar-refractivity contribution >= 4 is 17.5 Å². The molecule has 0 N–H and O–H groups in total. The fourth-order valence-corrected chi connectivity index (χ4v) is 4.23. The van der Waals surface area contributed by atoms with Gasteiger partial charge in [0.2, 0.25) is 11.8 Å². The van der Waals surface area contributed by atoms with Crippen molar-refractivity contribution < 1.29 is 19.1 Å². The van der Waals surface area contributed by atoms with Crippen molar-refractivity contribution in [1.82, 2.24) is 0 Å². The molecule has 1 saturated heterocycles. The van der Waals surface area contributed by atoms with E-state index in [-0.39, 0.29) is 35.5 Å². The van der Waals surface area contributed by atoms with Crippen molar-refractivity contribution in [3.8, 4) is 11.5 Å². The largest absolute Gasteiger partial charge is 0.493 e. The summed E-state index contributed by atoms with van der Waals surface area (Å²) in [7, 11) is 1.57. The van der Waals surface area contributed by atoms with Crippen molar-refractivity contribution in [3.63, 3.8) is 0 Å². The van der Waals surface area contributed by atoms with Gasteiger partial charge in [0, 0.05) is 6.07 Å². The van der Waals surface area contributed by atoms with Gasteiger partial charge in [0.1, 0.15) is 0 Å². The highest BCUT2D eigenvalue weighted by Crippen LogP contribution is 2.53. The first-order valence-electron chi connectivity index (χ1n) is 8.02. The molecule has 4 atom stereocenters. The Balaban J connectivity index is 1.70. The van der Waals surface area contributed by atoms with Crippen molar-refractivity contribution in [2.45, 2.75) is 13.3 Å². The number of ether oxygens (including phenoxy) is 2. The Labute approximate surface area is 134 Å². The molecule has 2 bridgehead atoms. The second-order valence-corrected chi connectivity index (χ2v) is 6.28. The number of rotatable bonds is 4. The summed E-state index contributed by atoms with van der Waals surface area (Å²) in [5.41, 5.74) is 0.568. The maximum atomic E-state index is 12.8. The molecule has 120 valence electrons. The summed E-state index contributed by atoms with van der Waals surface area (Å²) in [5.74, 6) is 1.05. The number of fused-ring (bicyclic) bond motifs is 5. The molecule has 1 aromatic rings. The third-order valence-corrected chi connectivity index (χ3v) is 5.18. The summed E-state index contributed by atoms with van der Waals surface area (Å²) in [5, 5.41) is 0. The molecular formula is C18H19NO4. The van der Waals surface area contributed by atoms with Crippen LogP contribution in [-0.4, -0.2) is 25.5 Å². The van der Waals surface area contributed by atoms with E-state index in [4.69, 9.17) is 9.47 Å². The summed E-state index contributed by atoms with van der Waals surface area (Å²) < 4.78 is 10.8. The van der Waals surface area contributed by atoms with Crippen LogP contribution in [0.5, 0.6) is 11.5 Å². The number of benzene rings is 1. The first-order chi connectivity index (χ1) is 11.2. The number of allylic oxidation sites excluding steroid dienone is 2. The first kappa shape index (κ1) is 14.3. The van der Waals surface area contributed by atoms with Gasteiger partial charge in [-0.2, -0.15) is 0 Å². The minimum Gasteiger partial charge on any atom is -0.493 e. The maximum absolute atomic E-state index is 12.8. The maximum Gasteiger partial charge on any atom is 0.238 e. The quantitative estimate of drug-likeness (QED) is 0.633. The molecule has 2 fully saturated rings. The molecule has 0 spiro atoms. The van der Waals surface area contributed by atoms with Crippen LogP contribution < -0.4 is 14.4 Å². The van der Waals surface area contributed by atoms with Crippen molar-refractivity contribution in [1.29, 1.82) is 0 Å². The molecule has 4 unspecified atom stereocenters. The standard InChI is InChI=1S/C18H19NO4/c1-3-23-14-9-12(6-7-13(14)22-2)19-17(20)15-10-4-5-11(8-10)16(15)18(19)21/h4-7,9-11,15-16H,3,8H2,1-2H3. The van der Waals surface area contributed by atoms with Crippen LogP contribution >= 0.6 is 0 Å². The number of hydrogen-bond acceptors (Lipinski definition) is 4. The van der Waals surface area contributed by atoms with Crippen LogP contribution in [0.25, 0.3) is 0 Å². The number of anilines is 1. The van der Waals surface area contributed by atoms with E-state index in [1.807, 2.05) is 6.92 Å².